The van der Waals surface area contributed by atoms with Gasteiger partial charge in [0.1, 0.15) is 0 Å². The van der Waals surface area contributed by atoms with Crippen LogP contribution in [0.4, 0.5) is 0 Å². The Labute approximate surface area is 253 Å². The van der Waals surface area contributed by atoms with Crippen molar-refractivity contribution in [1.29, 1.82) is 0 Å². The lowest BCUT2D eigenvalue weighted by Gasteiger charge is -2.05. The molecule has 0 saturated heterocycles. The molecule has 0 bridgehead atoms. The maximum Gasteiger partial charge on any atom is 0.303 e. The summed E-state index contributed by atoms with van der Waals surface area (Å²) in [6.07, 6.45) is 16.3. The number of aryl methyl sites for hydroxylation is 2. The maximum atomic E-state index is 9.64. The second kappa shape index (κ2) is 18.7. The molecule has 9 nitrogen and oxygen atoms in total. The first-order valence-corrected chi connectivity index (χ1v) is 14.4. The number of carboxylic acid groups (broad SMARTS) is 2. The zero-order chi connectivity index (χ0) is 31.6. The van der Waals surface area contributed by atoms with Crippen LogP contribution in [-0.2, 0) is 29.7 Å². The lowest BCUT2D eigenvalue weighted by atomic mass is 10.00. The van der Waals surface area contributed by atoms with E-state index in [2.05, 4.69) is 52.5 Å². The topological polar surface area (TPSA) is 138 Å². The molecule has 228 valence electrons. The summed E-state index contributed by atoms with van der Waals surface area (Å²) in [5.74, 6) is -2.15. The number of fused-ring (bicyclic) bond motifs is 1. The standard InChI is InChI=1S/C17H19N3.C11H11NO.C4H6O4.C2H6/c1-20-13-16(15-8-10-18-11-9-15)17(19-20)12-14-6-4-2-3-5-7-14;1-8-2-5-11-9(6-8)3-4-10(7-13)12-11;5-3(6)1-2-4(7)8;1-2/h2-3,6,8-11,13H,4-5,7,12H2,1H3;2-6,13H,7H2,1H3;1-2H2,(H,5,6)(H,7,8);1-2H3. The molecule has 1 aliphatic carbocycles. The third-order valence-corrected chi connectivity index (χ3v) is 6.25. The van der Waals surface area contributed by atoms with Gasteiger partial charge in [0.05, 0.1) is 36.4 Å². The van der Waals surface area contributed by atoms with E-state index in [1.165, 1.54) is 22.3 Å². The van der Waals surface area contributed by atoms with E-state index in [-0.39, 0.29) is 19.4 Å². The van der Waals surface area contributed by atoms with Crippen molar-refractivity contribution < 1.29 is 24.9 Å². The van der Waals surface area contributed by atoms with E-state index in [0.29, 0.717) is 0 Å². The number of aliphatic hydroxyl groups excluding tert-OH is 1. The fourth-order valence-electron chi connectivity index (χ4n) is 4.22. The maximum absolute atomic E-state index is 9.64. The fourth-order valence-corrected chi connectivity index (χ4v) is 4.22. The van der Waals surface area contributed by atoms with Crippen molar-refractivity contribution in [3.05, 3.63) is 102 Å². The number of hydrogen-bond donors (Lipinski definition) is 3. The molecular formula is C34H42N4O5. The van der Waals surface area contributed by atoms with Gasteiger partial charge in [-0.15, -0.1) is 0 Å². The first kappa shape index (κ1) is 34.6. The fraction of sp³-hybridized carbons (Fsp3) is 0.324. The summed E-state index contributed by atoms with van der Waals surface area (Å²) in [7, 11) is 1.98. The van der Waals surface area contributed by atoms with Crippen molar-refractivity contribution in [2.24, 2.45) is 7.05 Å². The van der Waals surface area contributed by atoms with Gasteiger partial charge in [-0.2, -0.15) is 5.10 Å². The number of aliphatic hydroxyl groups is 1. The number of allylic oxidation sites excluding steroid dienone is 4. The summed E-state index contributed by atoms with van der Waals surface area (Å²) in [6, 6.07) is 14.0. The monoisotopic (exact) mass is 586 g/mol. The van der Waals surface area contributed by atoms with Gasteiger partial charge < -0.3 is 15.3 Å². The molecule has 0 spiro atoms. The van der Waals surface area contributed by atoms with Crippen LogP contribution in [0.25, 0.3) is 22.0 Å². The van der Waals surface area contributed by atoms with E-state index in [4.69, 9.17) is 15.3 Å². The number of aromatic nitrogens is 4. The average molecular weight is 587 g/mol. The Kier molecular flexibility index (Phi) is 15.1. The molecule has 3 aromatic heterocycles. The van der Waals surface area contributed by atoms with Crippen LogP contribution in [0.2, 0.25) is 0 Å². The Morgan fingerprint density at radius 1 is 0.953 bits per heavy atom. The van der Waals surface area contributed by atoms with Gasteiger partial charge in [0.2, 0.25) is 0 Å². The molecule has 0 amide bonds. The minimum Gasteiger partial charge on any atom is -0.481 e. The summed E-state index contributed by atoms with van der Waals surface area (Å²) < 4.78 is 1.90. The Hall–Kier alpha value is -4.63. The van der Waals surface area contributed by atoms with Gasteiger partial charge in [-0.25, -0.2) is 0 Å². The molecule has 0 radical (unpaired) electrons. The average Bonchev–Trinajstić information content (AvgIpc) is 3.19. The van der Waals surface area contributed by atoms with Gasteiger partial charge in [0.25, 0.3) is 0 Å². The second-order valence-electron chi connectivity index (χ2n) is 9.63. The van der Waals surface area contributed by atoms with Crippen LogP contribution in [0.3, 0.4) is 0 Å². The van der Waals surface area contributed by atoms with Crippen LogP contribution < -0.4 is 0 Å². The van der Waals surface area contributed by atoms with E-state index < -0.39 is 11.9 Å². The van der Waals surface area contributed by atoms with Gasteiger partial charge in [-0.05, 0) is 62.1 Å². The van der Waals surface area contributed by atoms with Crippen molar-refractivity contribution >= 4 is 22.8 Å². The van der Waals surface area contributed by atoms with Crippen LogP contribution in [0.1, 0.15) is 62.9 Å². The first-order valence-electron chi connectivity index (χ1n) is 14.4. The molecule has 4 aromatic rings. The Morgan fingerprint density at radius 2 is 1.65 bits per heavy atom. The predicted molar refractivity (Wildman–Crippen MR) is 169 cm³/mol. The molecule has 43 heavy (non-hydrogen) atoms. The number of carboxylic acids is 2. The third kappa shape index (κ3) is 12.4. The van der Waals surface area contributed by atoms with E-state index in [1.54, 1.807) is 0 Å². The number of benzene rings is 1. The van der Waals surface area contributed by atoms with Crippen molar-refractivity contribution in [2.45, 2.75) is 65.9 Å². The highest BCUT2D eigenvalue weighted by molar-refractivity contribution is 5.79. The number of carbonyl (C=O) groups is 2. The van der Waals surface area contributed by atoms with Crippen molar-refractivity contribution in [2.75, 3.05) is 0 Å². The molecule has 1 aliphatic rings. The molecule has 1 aromatic carbocycles. The van der Waals surface area contributed by atoms with Gasteiger partial charge in [-0.3, -0.25) is 24.2 Å². The van der Waals surface area contributed by atoms with Crippen LogP contribution in [-0.4, -0.2) is 47.0 Å². The van der Waals surface area contributed by atoms with Gasteiger partial charge in [0.15, 0.2) is 0 Å². The Morgan fingerprint density at radius 3 is 2.30 bits per heavy atom. The lowest BCUT2D eigenvalue weighted by Crippen LogP contribution is -2.00. The highest BCUT2D eigenvalue weighted by Crippen LogP contribution is 2.26. The first-order chi connectivity index (χ1) is 20.7. The van der Waals surface area contributed by atoms with Gasteiger partial charge in [-0.1, -0.05) is 55.3 Å². The summed E-state index contributed by atoms with van der Waals surface area (Å²) >= 11 is 0. The Balaban J connectivity index is 0.000000242. The smallest absolute Gasteiger partial charge is 0.303 e. The summed E-state index contributed by atoms with van der Waals surface area (Å²) in [5, 5.41) is 30.5. The quantitative estimate of drug-likeness (QED) is 0.204. The minimum atomic E-state index is -1.08. The van der Waals surface area contributed by atoms with Crippen LogP contribution >= 0.6 is 0 Å². The highest BCUT2D eigenvalue weighted by atomic mass is 16.4. The zero-order valence-corrected chi connectivity index (χ0v) is 25.4. The third-order valence-electron chi connectivity index (χ3n) is 6.25. The molecule has 0 fully saturated rings. The van der Waals surface area contributed by atoms with E-state index >= 15 is 0 Å². The normalized spacial score (nSPS) is 11.9. The molecule has 0 unspecified atom stereocenters. The number of nitrogens with zero attached hydrogens (tertiary/aromatic N) is 4. The van der Waals surface area contributed by atoms with Gasteiger partial charge in [0, 0.05) is 43.0 Å². The Bertz CT molecular complexity index is 1500. The lowest BCUT2D eigenvalue weighted by molar-refractivity contribution is -0.143. The minimum absolute atomic E-state index is 0.00379. The number of rotatable bonds is 7. The summed E-state index contributed by atoms with van der Waals surface area (Å²) in [4.78, 5) is 27.7. The van der Waals surface area contributed by atoms with E-state index in [1.807, 2.05) is 74.4 Å². The van der Waals surface area contributed by atoms with Crippen molar-refractivity contribution in [3.8, 4) is 11.1 Å². The molecular weight excluding hydrogens is 544 g/mol. The van der Waals surface area contributed by atoms with Crippen molar-refractivity contribution in [1.82, 2.24) is 19.7 Å². The highest BCUT2D eigenvalue weighted by Gasteiger charge is 2.12. The molecule has 0 saturated carbocycles. The molecule has 0 atom stereocenters. The molecule has 9 heteroatoms. The zero-order valence-electron chi connectivity index (χ0n) is 25.4. The molecule has 3 heterocycles. The largest absolute Gasteiger partial charge is 0.481 e. The van der Waals surface area contributed by atoms with E-state index in [9.17, 15) is 9.59 Å². The SMILES string of the molecule is CC.Cc1ccc2nc(CO)ccc2c1.Cn1cc(-c2ccncc2)c(CC2=CCC=CCC2)n1.O=C(O)CCC(=O)O. The van der Waals surface area contributed by atoms with Crippen LogP contribution in [0.5, 0.6) is 0 Å². The van der Waals surface area contributed by atoms with Crippen molar-refractivity contribution in [3.63, 3.8) is 0 Å². The molecule has 5 rings (SSSR count). The van der Waals surface area contributed by atoms with Gasteiger partial charge >= 0.3 is 11.9 Å². The number of hydrogen-bond acceptors (Lipinski definition) is 6. The second-order valence-corrected chi connectivity index (χ2v) is 9.63. The number of pyridine rings is 2. The summed E-state index contributed by atoms with van der Waals surface area (Å²) in [6.45, 7) is 6.06. The summed E-state index contributed by atoms with van der Waals surface area (Å²) in [5.41, 5.74) is 7.94. The van der Waals surface area contributed by atoms with E-state index in [0.717, 1.165) is 48.0 Å². The molecule has 0 aliphatic heterocycles. The van der Waals surface area contributed by atoms with Crippen LogP contribution in [0, 0.1) is 6.92 Å². The molecule has 3 N–H and O–H groups in total. The predicted octanol–water partition coefficient (Wildman–Crippen LogP) is 6.69. The van der Waals surface area contributed by atoms with Crippen LogP contribution in [0.15, 0.2) is 84.9 Å². The number of aliphatic carboxylic acids is 2.